The van der Waals surface area contributed by atoms with Gasteiger partial charge in [-0.3, -0.25) is 0 Å². The Kier molecular flexibility index (Phi) is 2.52. The highest BCUT2D eigenvalue weighted by Gasteiger charge is 2.33. The van der Waals surface area contributed by atoms with E-state index in [4.69, 9.17) is 9.47 Å². The molecule has 0 aliphatic carbocycles. The summed E-state index contributed by atoms with van der Waals surface area (Å²) in [5.74, 6) is 0.377. The van der Waals surface area contributed by atoms with Crippen molar-refractivity contribution in [3.05, 3.63) is 24.0 Å². The van der Waals surface area contributed by atoms with Gasteiger partial charge in [0.1, 0.15) is 11.4 Å². The number of halogens is 1. The summed E-state index contributed by atoms with van der Waals surface area (Å²) in [5, 5.41) is 3.12. The quantitative estimate of drug-likeness (QED) is 0.823. The lowest BCUT2D eigenvalue weighted by molar-refractivity contribution is 0.0345. The van der Waals surface area contributed by atoms with Crippen molar-refractivity contribution in [3.8, 4) is 11.5 Å². The first kappa shape index (κ1) is 10.2. The summed E-state index contributed by atoms with van der Waals surface area (Å²) in [6.07, 6.45) is 0. The third-order valence-corrected chi connectivity index (χ3v) is 2.49. The van der Waals surface area contributed by atoms with E-state index in [1.807, 2.05) is 6.92 Å². The van der Waals surface area contributed by atoms with E-state index in [0.29, 0.717) is 5.75 Å². The fourth-order valence-corrected chi connectivity index (χ4v) is 1.54. The molecule has 1 aromatic carbocycles. The molecule has 1 aliphatic rings. The van der Waals surface area contributed by atoms with Gasteiger partial charge < -0.3 is 14.8 Å². The minimum absolute atomic E-state index is 0.207. The van der Waals surface area contributed by atoms with Gasteiger partial charge in [-0.1, -0.05) is 0 Å². The number of rotatable bonds is 3. The Morgan fingerprint density at radius 1 is 1.40 bits per heavy atom. The van der Waals surface area contributed by atoms with E-state index >= 15 is 0 Å². The maximum absolute atomic E-state index is 13.3. The van der Waals surface area contributed by atoms with Gasteiger partial charge in [0.05, 0.1) is 7.11 Å². The minimum Gasteiger partial charge on any atom is -0.494 e. The van der Waals surface area contributed by atoms with Gasteiger partial charge in [-0.2, -0.15) is 0 Å². The smallest absolute Gasteiger partial charge is 0.168 e. The van der Waals surface area contributed by atoms with Gasteiger partial charge in [-0.05, 0) is 19.1 Å². The van der Waals surface area contributed by atoms with Gasteiger partial charge >= 0.3 is 0 Å². The third-order valence-electron chi connectivity index (χ3n) is 2.49. The summed E-state index contributed by atoms with van der Waals surface area (Å²) in [5.41, 5.74) is -0.207. The molecule has 0 radical (unpaired) electrons. The number of nitrogens with one attached hydrogen (secondary N) is 1. The average Bonchev–Trinajstić information content (AvgIpc) is 2.16. The largest absolute Gasteiger partial charge is 0.494 e. The summed E-state index contributed by atoms with van der Waals surface area (Å²) in [4.78, 5) is 0. The highest BCUT2D eigenvalue weighted by molar-refractivity contribution is 5.33. The van der Waals surface area contributed by atoms with E-state index in [1.54, 1.807) is 12.1 Å². The van der Waals surface area contributed by atoms with Crippen molar-refractivity contribution in [1.29, 1.82) is 0 Å². The van der Waals surface area contributed by atoms with E-state index in [2.05, 4.69) is 5.32 Å². The van der Waals surface area contributed by atoms with Crippen LogP contribution in [0.3, 0.4) is 0 Å². The standard InChI is InChI=1S/C11H14FNO2/c1-11(6-13-7-11)15-8-3-4-10(14-2)9(12)5-8/h3-5,13H,6-7H2,1-2H3. The Bertz CT molecular complexity index is 364. The fourth-order valence-electron chi connectivity index (χ4n) is 1.54. The zero-order valence-corrected chi connectivity index (χ0v) is 8.84. The van der Waals surface area contributed by atoms with Crippen LogP contribution in [-0.4, -0.2) is 25.8 Å². The van der Waals surface area contributed by atoms with Crippen molar-refractivity contribution in [1.82, 2.24) is 5.32 Å². The monoisotopic (exact) mass is 211 g/mol. The highest BCUT2D eigenvalue weighted by atomic mass is 19.1. The number of ether oxygens (including phenoxy) is 2. The zero-order chi connectivity index (χ0) is 10.9. The van der Waals surface area contributed by atoms with E-state index in [1.165, 1.54) is 13.2 Å². The van der Waals surface area contributed by atoms with Crippen molar-refractivity contribution < 1.29 is 13.9 Å². The summed E-state index contributed by atoms with van der Waals surface area (Å²) >= 11 is 0. The highest BCUT2D eigenvalue weighted by Crippen LogP contribution is 2.26. The van der Waals surface area contributed by atoms with Gasteiger partial charge in [-0.25, -0.2) is 4.39 Å². The van der Waals surface area contributed by atoms with Crippen molar-refractivity contribution in [3.63, 3.8) is 0 Å². The van der Waals surface area contributed by atoms with Gasteiger partial charge in [0.2, 0.25) is 0 Å². The molecular weight excluding hydrogens is 197 g/mol. The molecule has 1 N–H and O–H groups in total. The zero-order valence-electron chi connectivity index (χ0n) is 8.84. The maximum Gasteiger partial charge on any atom is 0.168 e. The lowest BCUT2D eigenvalue weighted by atomic mass is 10.00. The molecular formula is C11H14FNO2. The van der Waals surface area contributed by atoms with Crippen molar-refractivity contribution >= 4 is 0 Å². The summed E-state index contributed by atoms with van der Waals surface area (Å²) in [7, 11) is 1.44. The number of methoxy groups -OCH3 is 1. The van der Waals surface area contributed by atoms with Crippen LogP contribution in [0, 0.1) is 5.82 Å². The Morgan fingerprint density at radius 2 is 2.13 bits per heavy atom. The molecule has 0 amide bonds. The van der Waals surface area contributed by atoms with Crippen molar-refractivity contribution in [2.75, 3.05) is 20.2 Å². The van der Waals surface area contributed by atoms with Crippen LogP contribution in [0.2, 0.25) is 0 Å². The first-order valence-corrected chi connectivity index (χ1v) is 4.86. The number of benzene rings is 1. The molecule has 1 aromatic rings. The lowest BCUT2D eigenvalue weighted by Gasteiger charge is -2.39. The molecule has 0 atom stereocenters. The van der Waals surface area contributed by atoms with Crippen LogP contribution in [0.25, 0.3) is 0 Å². The molecule has 15 heavy (non-hydrogen) atoms. The van der Waals surface area contributed by atoms with Crippen LogP contribution in [0.4, 0.5) is 4.39 Å². The molecule has 0 spiro atoms. The van der Waals surface area contributed by atoms with E-state index in [0.717, 1.165) is 13.1 Å². The Hall–Kier alpha value is -1.29. The third kappa shape index (κ3) is 2.04. The second-order valence-corrected chi connectivity index (χ2v) is 3.95. The van der Waals surface area contributed by atoms with Crippen LogP contribution in [0.15, 0.2) is 18.2 Å². The Morgan fingerprint density at radius 3 is 2.60 bits per heavy atom. The SMILES string of the molecule is COc1ccc(OC2(C)CNC2)cc1F. The van der Waals surface area contributed by atoms with E-state index < -0.39 is 5.82 Å². The molecule has 4 heteroatoms. The van der Waals surface area contributed by atoms with Gasteiger partial charge in [0.15, 0.2) is 11.6 Å². The second-order valence-electron chi connectivity index (χ2n) is 3.95. The summed E-state index contributed by atoms with van der Waals surface area (Å²) in [6, 6.07) is 4.63. The number of hydrogen-bond acceptors (Lipinski definition) is 3. The molecule has 1 heterocycles. The molecule has 0 saturated carbocycles. The fraction of sp³-hybridized carbons (Fsp3) is 0.455. The molecule has 82 valence electrons. The first-order valence-electron chi connectivity index (χ1n) is 4.86. The van der Waals surface area contributed by atoms with Gasteiger partial charge in [-0.15, -0.1) is 0 Å². The van der Waals surface area contributed by atoms with Crippen molar-refractivity contribution in [2.45, 2.75) is 12.5 Å². The lowest BCUT2D eigenvalue weighted by Crippen LogP contribution is -2.61. The molecule has 0 unspecified atom stereocenters. The molecule has 0 aromatic heterocycles. The first-order chi connectivity index (χ1) is 7.13. The average molecular weight is 211 g/mol. The molecule has 2 rings (SSSR count). The summed E-state index contributed by atoms with van der Waals surface area (Å²) < 4.78 is 23.8. The topological polar surface area (TPSA) is 30.5 Å². The van der Waals surface area contributed by atoms with Crippen molar-refractivity contribution in [2.24, 2.45) is 0 Å². The predicted molar refractivity (Wildman–Crippen MR) is 54.9 cm³/mol. The van der Waals surface area contributed by atoms with Gasteiger partial charge in [0.25, 0.3) is 0 Å². The molecule has 0 bridgehead atoms. The van der Waals surface area contributed by atoms with Crippen LogP contribution >= 0.6 is 0 Å². The summed E-state index contributed by atoms with van der Waals surface area (Å²) in [6.45, 7) is 3.58. The maximum atomic E-state index is 13.3. The van der Waals surface area contributed by atoms with Crippen LogP contribution in [0.1, 0.15) is 6.92 Å². The van der Waals surface area contributed by atoms with E-state index in [9.17, 15) is 4.39 Å². The molecule has 1 fully saturated rings. The molecule has 1 aliphatic heterocycles. The number of hydrogen-bond donors (Lipinski definition) is 1. The Balaban J connectivity index is 2.12. The minimum atomic E-state index is -0.397. The Labute approximate surface area is 88.2 Å². The van der Waals surface area contributed by atoms with E-state index in [-0.39, 0.29) is 11.4 Å². The normalized spacial score (nSPS) is 18.1. The predicted octanol–water partition coefficient (Wildman–Crippen LogP) is 1.57. The second kappa shape index (κ2) is 3.70. The van der Waals surface area contributed by atoms with Crippen LogP contribution < -0.4 is 14.8 Å². The van der Waals surface area contributed by atoms with Gasteiger partial charge in [0, 0.05) is 19.2 Å². The van der Waals surface area contributed by atoms with Crippen LogP contribution in [0.5, 0.6) is 11.5 Å². The molecule has 3 nitrogen and oxygen atoms in total. The molecule has 1 saturated heterocycles. The van der Waals surface area contributed by atoms with Crippen LogP contribution in [-0.2, 0) is 0 Å².